The highest BCUT2D eigenvalue weighted by Gasteiger charge is 2.00. The quantitative estimate of drug-likeness (QED) is 0.625. The van der Waals surface area contributed by atoms with Crippen molar-refractivity contribution in [3.8, 4) is 5.88 Å². The van der Waals surface area contributed by atoms with Crippen LogP contribution in [0, 0.1) is 0 Å². The molecule has 0 aliphatic heterocycles. The number of pyridine rings is 2. The van der Waals surface area contributed by atoms with E-state index in [1.54, 1.807) is 30.5 Å². The maximum Gasteiger partial charge on any atom is 0.213 e. The first-order valence-electron chi connectivity index (χ1n) is 6.71. The van der Waals surface area contributed by atoms with E-state index in [-0.39, 0.29) is 5.82 Å². The van der Waals surface area contributed by atoms with Gasteiger partial charge in [0.25, 0.3) is 0 Å². The van der Waals surface area contributed by atoms with Crippen LogP contribution in [0.1, 0.15) is 19.8 Å². The third kappa shape index (κ3) is 4.41. The minimum atomic E-state index is 0.242. The molecule has 0 saturated heterocycles. The van der Waals surface area contributed by atoms with Crippen LogP contribution in [-0.4, -0.2) is 16.6 Å². The number of rotatable bonds is 6. The molecule has 4 N–H and O–H groups in total. The zero-order valence-corrected chi connectivity index (χ0v) is 11.9. The number of aromatic nitrogens is 2. The van der Waals surface area contributed by atoms with Gasteiger partial charge in [-0.25, -0.2) is 9.97 Å². The molecule has 2 rings (SSSR count). The molecule has 21 heavy (non-hydrogen) atoms. The number of anilines is 2. The average molecular weight is 286 g/mol. The SMILES string of the molecule is CCCCOc1ccc(/N=N/c2ccc(N)nc2N)cn1. The molecule has 0 aliphatic rings. The first kappa shape index (κ1) is 14.7. The van der Waals surface area contributed by atoms with Crippen molar-refractivity contribution >= 4 is 23.0 Å². The predicted molar refractivity (Wildman–Crippen MR) is 81.9 cm³/mol. The third-order valence-corrected chi connectivity index (χ3v) is 2.67. The Bertz CT molecular complexity index is 611. The van der Waals surface area contributed by atoms with Gasteiger partial charge in [0.15, 0.2) is 5.82 Å². The molecule has 0 atom stereocenters. The fourth-order valence-electron chi connectivity index (χ4n) is 1.52. The van der Waals surface area contributed by atoms with Gasteiger partial charge in [0.2, 0.25) is 5.88 Å². The summed E-state index contributed by atoms with van der Waals surface area (Å²) in [5.74, 6) is 1.17. The van der Waals surface area contributed by atoms with Crippen LogP contribution in [0.25, 0.3) is 0 Å². The number of azo groups is 1. The fourth-order valence-corrected chi connectivity index (χ4v) is 1.52. The van der Waals surface area contributed by atoms with Gasteiger partial charge in [-0.05, 0) is 24.6 Å². The summed E-state index contributed by atoms with van der Waals surface area (Å²) in [6, 6.07) is 6.82. The molecule has 0 saturated carbocycles. The minimum absolute atomic E-state index is 0.242. The van der Waals surface area contributed by atoms with Gasteiger partial charge in [0, 0.05) is 6.07 Å². The number of nitrogens with zero attached hydrogens (tertiary/aromatic N) is 4. The molecule has 0 spiro atoms. The van der Waals surface area contributed by atoms with Crippen molar-refractivity contribution in [2.24, 2.45) is 10.2 Å². The Morgan fingerprint density at radius 1 is 1.14 bits per heavy atom. The Balaban J connectivity index is 2.00. The van der Waals surface area contributed by atoms with Gasteiger partial charge >= 0.3 is 0 Å². The van der Waals surface area contributed by atoms with Crippen LogP contribution in [0.5, 0.6) is 5.88 Å². The van der Waals surface area contributed by atoms with Gasteiger partial charge in [-0.1, -0.05) is 13.3 Å². The third-order valence-electron chi connectivity index (χ3n) is 2.67. The van der Waals surface area contributed by atoms with Crippen LogP contribution in [0.15, 0.2) is 40.7 Å². The Morgan fingerprint density at radius 3 is 2.67 bits per heavy atom. The van der Waals surface area contributed by atoms with E-state index in [2.05, 4.69) is 27.1 Å². The lowest BCUT2D eigenvalue weighted by molar-refractivity contribution is 0.298. The zero-order chi connectivity index (χ0) is 15.1. The molecule has 2 heterocycles. The van der Waals surface area contributed by atoms with E-state index in [0.717, 1.165) is 12.8 Å². The van der Waals surface area contributed by atoms with Gasteiger partial charge in [-0.3, -0.25) is 0 Å². The molecule has 7 heteroatoms. The van der Waals surface area contributed by atoms with Crippen molar-refractivity contribution < 1.29 is 4.74 Å². The summed E-state index contributed by atoms with van der Waals surface area (Å²) in [7, 11) is 0. The average Bonchev–Trinajstić information content (AvgIpc) is 2.48. The number of ether oxygens (including phenoxy) is 1. The van der Waals surface area contributed by atoms with E-state index in [1.807, 2.05) is 0 Å². The number of nitrogen functional groups attached to an aromatic ring is 2. The molecule has 0 fully saturated rings. The summed E-state index contributed by atoms with van der Waals surface area (Å²) in [5, 5.41) is 8.07. The van der Waals surface area contributed by atoms with Gasteiger partial charge in [-0.15, -0.1) is 10.2 Å². The summed E-state index contributed by atoms with van der Waals surface area (Å²) in [6.07, 6.45) is 3.68. The van der Waals surface area contributed by atoms with E-state index in [0.29, 0.717) is 29.7 Å². The van der Waals surface area contributed by atoms with Gasteiger partial charge < -0.3 is 16.2 Å². The highest BCUT2D eigenvalue weighted by atomic mass is 16.5. The van der Waals surface area contributed by atoms with Crippen LogP contribution in [0.2, 0.25) is 0 Å². The van der Waals surface area contributed by atoms with E-state index in [9.17, 15) is 0 Å². The van der Waals surface area contributed by atoms with E-state index >= 15 is 0 Å². The number of hydrogen-bond donors (Lipinski definition) is 2. The Morgan fingerprint density at radius 2 is 2.00 bits per heavy atom. The number of hydrogen-bond acceptors (Lipinski definition) is 7. The van der Waals surface area contributed by atoms with Crippen LogP contribution >= 0.6 is 0 Å². The molecule has 110 valence electrons. The Labute approximate surface area is 123 Å². The monoisotopic (exact) mass is 286 g/mol. The van der Waals surface area contributed by atoms with Crippen LogP contribution in [0.3, 0.4) is 0 Å². The number of nitrogens with two attached hydrogens (primary N) is 2. The summed E-state index contributed by atoms with van der Waals surface area (Å²) >= 11 is 0. The van der Waals surface area contributed by atoms with Crippen molar-refractivity contribution in [3.63, 3.8) is 0 Å². The summed E-state index contributed by atoms with van der Waals surface area (Å²) < 4.78 is 5.47. The Kier molecular flexibility index (Phi) is 5.03. The van der Waals surface area contributed by atoms with Gasteiger partial charge in [0.05, 0.1) is 12.8 Å². The molecular weight excluding hydrogens is 268 g/mol. The van der Waals surface area contributed by atoms with E-state index < -0.39 is 0 Å². The van der Waals surface area contributed by atoms with Crippen LogP contribution in [-0.2, 0) is 0 Å². The smallest absolute Gasteiger partial charge is 0.213 e. The highest BCUT2D eigenvalue weighted by Crippen LogP contribution is 2.24. The van der Waals surface area contributed by atoms with Gasteiger partial charge in [-0.2, -0.15) is 0 Å². The topological polar surface area (TPSA) is 112 Å². The summed E-state index contributed by atoms with van der Waals surface area (Å²) in [4.78, 5) is 8.06. The molecule has 0 unspecified atom stereocenters. The maximum atomic E-state index is 5.70. The molecule has 0 radical (unpaired) electrons. The number of unbranched alkanes of at least 4 members (excludes halogenated alkanes) is 1. The lowest BCUT2D eigenvalue weighted by Crippen LogP contribution is -1.97. The molecule has 2 aromatic rings. The largest absolute Gasteiger partial charge is 0.478 e. The second-order valence-electron chi connectivity index (χ2n) is 4.40. The van der Waals surface area contributed by atoms with Crippen molar-refractivity contribution in [2.75, 3.05) is 18.1 Å². The second kappa shape index (κ2) is 7.18. The lowest BCUT2D eigenvalue weighted by atomic mass is 10.4. The van der Waals surface area contributed by atoms with Crippen molar-refractivity contribution in [2.45, 2.75) is 19.8 Å². The standard InChI is InChI=1S/C14H18N6O/c1-2-3-8-21-13-7-4-10(9-17-13)19-20-11-5-6-12(15)18-14(11)16/h4-7,9H,2-3,8H2,1H3,(H4,15,16,18)/b20-19+. The summed E-state index contributed by atoms with van der Waals surface area (Å²) in [5.41, 5.74) is 12.3. The molecule has 0 aromatic carbocycles. The Hall–Kier alpha value is -2.70. The van der Waals surface area contributed by atoms with Crippen LogP contribution < -0.4 is 16.2 Å². The zero-order valence-electron chi connectivity index (χ0n) is 11.9. The van der Waals surface area contributed by atoms with Crippen molar-refractivity contribution in [3.05, 3.63) is 30.5 Å². The van der Waals surface area contributed by atoms with Gasteiger partial charge in [0.1, 0.15) is 17.2 Å². The first-order chi connectivity index (χ1) is 10.2. The van der Waals surface area contributed by atoms with E-state index in [4.69, 9.17) is 16.2 Å². The minimum Gasteiger partial charge on any atom is -0.478 e. The molecule has 0 amide bonds. The molecule has 0 bridgehead atoms. The van der Waals surface area contributed by atoms with Crippen molar-refractivity contribution in [1.29, 1.82) is 0 Å². The predicted octanol–water partition coefficient (Wildman–Crippen LogP) is 3.24. The normalized spacial score (nSPS) is 10.9. The molecule has 7 nitrogen and oxygen atoms in total. The first-order valence-corrected chi connectivity index (χ1v) is 6.71. The highest BCUT2D eigenvalue weighted by molar-refractivity contribution is 5.60. The maximum absolute atomic E-state index is 5.70. The lowest BCUT2D eigenvalue weighted by Gasteiger charge is -2.03. The molecular formula is C14H18N6O. The fraction of sp³-hybridized carbons (Fsp3) is 0.286. The summed E-state index contributed by atoms with van der Waals surface area (Å²) in [6.45, 7) is 2.77. The second-order valence-corrected chi connectivity index (χ2v) is 4.40. The van der Waals surface area contributed by atoms with E-state index in [1.165, 1.54) is 0 Å². The molecule has 0 aliphatic carbocycles. The van der Waals surface area contributed by atoms with Crippen LogP contribution in [0.4, 0.5) is 23.0 Å². The molecule has 2 aromatic heterocycles. The van der Waals surface area contributed by atoms with Crippen molar-refractivity contribution in [1.82, 2.24) is 9.97 Å².